The zero-order valence-corrected chi connectivity index (χ0v) is 12.8. The number of thiophene rings is 1. The van der Waals surface area contributed by atoms with Crippen molar-refractivity contribution in [1.82, 2.24) is 4.57 Å². The van der Waals surface area contributed by atoms with Crippen LogP contribution in [0.15, 0.2) is 29.6 Å². The van der Waals surface area contributed by atoms with Crippen molar-refractivity contribution in [1.29, 1.82) is 0 Å². The Labute approximate surface area is 122 Å². The Morgan fingerprint density at radius 3 is 2.70 bits per heavy atom. The van der Waals surface area contributed by atoms with Gasteiger partial charge >= 0.3 is 0 Å². The van der Waals surface area contributed by atoms with Crippen molar-refractivity contribution in [3.05, 3.63) is 35.2 Å². The van der Waals surface area contributed by atoms with Gasteiger partial charge < -0.3 is 15.0 Å². The maximum Gasteiger partial charge on any atom is 0.120 e. The minimum atomic E-state index is 0.853. The van der Waals surface area contributed by atoms with Crippen LogP contribution >= 0.6 is 11.3 Å². The zero-order chi connectivity index (χ0) is 14.3. The number of aromatic nitrogens is 1. The van der Waals surface area contributed by atoms with E-state index in [9.17, 15) is 0 Å². The summed E-state index contributed by atoms with van der Waals surface area (Å²) in [5.74, 6) is 0.860. The van der Waals surface area contributed by atoms with Gasteiger partial charge in [0.05, 0.1) is 28.9 Å². The van der Waals surface area contributed by atoms with Gasteiger partial charge in [-0.1, -0.05) is 0 Å². The van der Waals surface area contributed by atoms with Gasteiger partial charge in [-0.15, -0.1) is 11.3 Å². The molecule has 1 aromatic carbocycles. The molecule has 0 radical (unpaired) electrons. The molecule has 0 amide bonds. The number of benzene rings is 1. The maximum absolute atomic E-state index is 6.39. The summed E-state index contributed by atoms with van der Waals surface area (Å²) >= 11 is 1.74. The molecule has 0 aliphatic rings. The average molecular weight is 286 g/mol. The van der Waals surface area contributed by atoms with Gasteiger partial charge in [-0.3, -0.25) is 0 Å². The molecule has 2 heterocycles. The normalized spacial score (nSPS) is 11.2. The third kappa shape index (κ3) is 1.88. The van der Waals surface area contributed by atoms with Gasteiger partial charge in [0.1, 0.15) is 5.75 Å². The van der Waals surface area contributed by atoms with E-state index in [2.05, 4.69) is 35.9 Å². The number of hydrogen-bond acceptors (Lipinski definition) is 3. The molecule has 20 heavy (non-hydrogen) atoms. The fourth-order valence-electron chi connectivity index (χ4n) is 2.63. The predicted octanol–water partition coefficient (Wildman–Crippen LogP) is 4.29. The van der Waals surface area contributed by atoms with Crippen LogP contribution < -0.4 is 10.5 Å². The van der Waals surface area contributed by atoms with Crippen LogP contribution in [0.25, 0.3) is 21.5 Å². The van der Waals surface area contributed by atoms with Gasteiger partial charge in [0, 0.05) is 18.0 Å². The average Bonchev–Trinajstić information content (AvgIpc) is 3.00. The molecule has 0 atom stereocenters. The summed E-state index contributed by atoms with van der Waals surface area (Å²) in [6.07, 6.45) is 0. The van der Waals surface area contributed by atoms with Crippen molar-refractivity contribution in [2.75, 3.05) is 12.8 Å². The summed E-state index contributed by atoms with van der Waals surface area (Å²) in [6, 6.07) is 8.25. The largest absolute Gasteiger partial charge is 0.497 e. The van der Waals surface area contributed by atoms with Gasteiger partial charge in [0.15, 0.2) is 0 Å². The molecule has 0 fully saturated rings. The number of nitrogens with two attached hydrogens (primary N) is 1. The van der Waals surface area contributed by atoms with E-state index in [1.54, 1.807) is 18.4 Å². The van der Waals surface area contributed by atoms with E-state index in [1.165, 1.54) is 10.4 Å². The van der Waals surface area contributed by atoms with Crippen LogP contribution in [0.4, 0.5) is 5.69 Å². The number of nitrogen functional groups attached to an aromatic ring is 1. The van der Waals surface area contributed by atoms with Crippen LogP contribution in [0.5, 0.6) is 5.75 Å². The van der Waals surface area contributed by atoms with Crippen molar-refractivity contribution in [3.8, 4) is 16.3 Å². The Morgan fingerprint density at radius 1 is 1.30 bits per heavy atom. The van der Waals surface area contributed by atoms with Gasteiger partial charge in [0.2, 0.25) is 0 Å². The summed E-state index contributed by atoms with van der Waals surface area (Å²) in [4.78, 5) is 1.22. The lowest BCUT2D eigenvalue weighted by molar-refractivity contribution is 0.415. The van der Waals surface area contributed by atoms with E-state index >= 15 is 0 Å². The standard InChI is InChI=1S/C16H18N2OS/c1-4-18-13-8-11(19-3)5-6-12(13)15(17)16(18)14-7-10(2)9-20-14/h5-9H,4,17H2,1-3H3. The van der Waals surface area contributed by atoms with E-state index in [4.69, 9.17) is 10.5 Å². The highest BCUT2D eigenvalue weighted by atomic mass is 32.1. The Balaban J connectivity index is 2.34. The molecule has 0 aliphatic carbocycles. The second-order valence-electron chi connectivity index (χ2n) is 4.88. The molecular weight excluding hydrogens is 268 g/mol. The highest BCUT2D eigenvalue weighted by Gasteiger charge is 2.17. The Hall–Kier alpha value is -1.94. The zero-order valence-electron chi connectivity index (χ0n) is 11.9. The molecule has 0 saturated carbocycles. The molecular formula is C16H18N2OS. The van der Waals surface area contributed by atoms with Crippen LogP contribution in [0.1, 0.15) is 12.5 Å². The summed E-state index contributed by atoms with van der Waals surface area (Å²) in [5.41, 5.74) is 10.8. The number of nitrogens with zero attached hydrogens (tertiary/aromatic N) is 1. The molecule has 3 aromatic rings. The van der Waals surface area contributed by atoms with Gasteiger partial charge in [-0.05, 0) is 43.0 Å². The first-order valence-electron chi connectivity index (χ1n) is 6.67. The number of aryl methyl sites for hydroxylation is 2. The molecule has 104 valence electrons. The molecule has 3 nitrogen and oxygen atoms in total. The minimum Gasteiger partial charge on any atom is -0.497 e. The van der Waals surface area contributed by atoms with E-state index in [0.717, 1.165) is 34.6 Å². The first-order valence-corrected chi connectivity index (χ1v) is 7.55. The van der Waals surface area contributed by atoms with Crippen LogP contribution in [0.2, 0.25) is 0 Å². The highest BCUT2D eigenvalue weighted by Crippen LogP contribution is 2.39. The number of anilines is 1. The van der Waals surface area contributed by atoms with Crippen LogP contribution in [-0.2, 0) is 6.54 Å². The van der Waals surface area contributed by atoms with Crippen LogP contribution in [0, 0.1) is 6.92 Å². The van der Waals surface area contributed by atoms with Gasteiger partial charge in [-0.2, -0.15) is 0 Å². The predicted molar refractivity (Wildman–Crippen MR) is 86.6 cm³/mol. The second kappa shape index (κ2) is 4.87. The van der Waals surface area contributed by atoms with E-state index in [0.29, 0.717) is 0 Å². The third-order valence-electron chi connectivity index (χ3n) is 3.59. The molecule has 0 saturated heterocycles. The SMILES string of the molecule is CCn1c(-c2cc(C)cs2)c(N)c2ccc(OC)cc21. The van der Waals surface area contributed by atoms with Gasteiger partial charge in [0.25, 0.3) is 0 Å². The first-order chi connectivity index (χ1) is 9.65. The number of rotatable bonds is 3. The molecule has 4 heteroatoms. The van der Waals surface area contributed by atoms with Crippen molar-refractivity contribution in [2.45, 2.75) is 20.4 Å². The van der Waals surface area contributed by atoms with Crippen molar-refractivity contribution >= 4 is 27.9 Å². The summed E-state index contributed by atoms with van der Waals surface area (Å²) in [7, 11) is 1.69. The Bertz CT molecular complexity index is 770. The van der Waals surface area contributed by atoms with Crippen molar-refractivity contribution in [3.63, 3.8) is 0 Å². The van der Waals surface area contributed by atoms with Crippen LogP contribution in [-0.4, -0.2) is 11.7 Å². The topological polar surface area (TPSA) is 40.2 Å². The summed E-state index contributed by atoms with van der Waals surface area (Å²) in [6.45, 7) is 5.13. The first kappa shape index (κ1) is 13.1. The minimum absolute atomic E-state index is 0.853. The monoisotopic (exact) mass is 286 g/mol. The lowest BCUT2D eigenvalue weighted by atomic mass is 10.2. The number of hydrogen-bond donors (Lipinski definition) is 1. The number of methoxy groups -OCH3 is 1. The number of fused-ring (bicyclic) bond motifs is 1. The maximum atomic E-state index is 6.39. The Kier molecular flexibility index (Phi) is 3.18. The number of ether oxygens (including phenoxy) is 1. The second-order valence-corrected chi connectivity index (χ2v) is 5.79. The molecule has 0 spiro atoms. The fraction of sp³-hybridized carbons (Fsp3) is 0.250. The van der Waals surface area contributed by atoms with Crippen molar-refractivity contribution in [2.24, 2.45) is 0 Å². The van der Waals surface area contributed by atoms with Crippen molar-refractivity contribution < 1.29 is 4.74 Å². The summed E-state index contributed by atoms with van der Waals surface area (Å²) < 4.78 is 7.59. The van der Waals surface area contributed by atoms with E-state index in [1.807, 2.05) is 12.1 Å². The lowest BCUT2D eigenvalue weighted by Crippen LogP contribution is -1.97. The molecule has 2 aromatic heterocycles. The molecule has 0 unspecified atom stereocenters. The quantitative estimate of drug-likeness (QED) is 0.780. The molecule has 0 aliphatic heterocycles. The molecule has 0 bridgehead atoms. The highest BCUT2D eigenvalue weighted by molar-refractivity contribution is 7.13. The van der Waals surface area contributed by atoms with E-state index in [-0.39, 0.29) is 0 Å². The third-order valence-corrected chi connectivity index (χ3v) is 4.65. The summed E-state index contributed by atoms with van der Waals surface area (Å²) in [5, 5.41) is 3.25. The molecule has 2 N–H and O–H groups in total. The van der Waals surface area contributed by atoms with E-state index < -0.39 is 0 Å². The Morgan fingerprint density at radius 2 is 2.10 bits per heavy atom. The fourth-order valence-corrected chi connectivity index (χ4v) is 3.60. The smallest absolute Gasteiger partial charge is 0.120 e. The van der Waals surface area contributed by atoms with Gasteiger partial charge in [-0.25, -0.2) is 0 Å². The lowest BCUT2D eigenvalue weighted by Gasteiger charge is -2.07. The van der Waals surface area contributed by atoms with Crippen LogP contribution in [0.3, 0.4) is 0 Å². The molecule has 3 rings (SSSR count).